The number of hydrogen-bond acceptors (Lipinski definition) is 3. The van der Waals surface area contributed by atoms with Crippen LogP contribution in [0.2, 0.25) is 0 Å². The Hall–Kier alpha value is -0.870. The van der Waals surface area contributed by atoms with Gasteiger partial charge in [0.15, 0.2) is 0 Å². The van der Waals surface area contributed by atoms with Crippen molar-refractivity contribution in [2.45, 2.75) is 39.7 Å². The minimum absolute atomic E-state index is 0.0126. The van der Waals surface area contributed by atoms with Gasteiger partial charge >= 0.3 is 0 Å². The fraction of sp³-hybridized carbons (Fsp3) is 0.615. The highest BCUT2D eigenvalue weighted by atomic mass is 32.1. The maximum atomic E-state index is 11.9. The SMILES string of the molecule is CC(C)(C)C(CCO)NC(=O)Cc1ccsc1. The summed E-state index contributed by atoms with van der Waals surface area (Å²) in [5, 5.41) is 16.0. The molecule has 0 radical (unpaired) electrons. The van der Waals surface area contributed by atoms with E-state index in [0.717, 1.165) is 5.56 Å². The summed E-state index contributed by atoms with van der Waals surface area (Å²) in [6.45, 7) is 6.30. The van der Waals surface area contributed by atoms with Crippen molar-refractivity contribution in [3.05, 3.63) is 22.4 Å². The summed E-state index contributed by atoms with van der Waals surface area (Å²) < 4.78 is 0. The zero-order valence-corrected chi connectivity index (χ0v) is 11.5. The molecule has 2 N–H and O–H groups in total. The highest BCUT2D eigenvalue weighted by molar-refractivity contribution is 7.07. The Balaban J connectivity index is 2.52. The molecular weight excluding hydrogens is 234 g/mol. The Kier molecular flexibility index (Phi) is 5.15. The second-order valence-corrected chi connectivity index (χ2v) is 6.09. The van der Waals surface area contributed by atoms with E-state index in [4.69, 9.17) is 5.11 Å². The van der Waals surface area contributed by atoms with E-state index in [0.29, 0.717) is 12.8 Å². The molecule has 0 aliphatic rings. The summed E-state index contributed by atoms with van der Waals surface area (Å²) in [4.78, 5) is 11.9. The summed E-state index contributed by atoms with van der Waals surface area (Å²) in [7, 11) is 0. The molecule has 17 heavy (non-hydrogen) atoms. The van der Waals surface area contributed by atoms with Crippen molar-refractivity contribution in [1.82, 2.24) is 5.32 Å². The zero-order chi connectivity index (χ0) is 12.9. The number of carbonyl (C=O) groups excluding carboxylic acids is 1. The average molecular weight is 255 g/mol. The lowest BCUT2D eigenvalue weighted by Crippen LogP contribution is -2.44. The van der Waals surface area contributed by atoms with Gasteiger partial charge in [0.1, 0.15) is 0 Å². The number of thiophene rings is 1. The fourth-order valence-corrected chi connectivity index (χ4v) is 2.34. The van der Waals surface area contributed by atoms with Crippen LogP contribution >= 0.6 is 11.3 Å². The molecule has 1 heterocycles. The van der Waals surface area contributed by atoms with Gasteiger partial charge in [-0.25, -0.2) is 0 Å². The van der Waals surface area contributed by atoms with Gasteiger partial charge in [-0.1, -0.05) is 20.8 Å². The van der Waals surface area contributed by atoms with E-state index in [-0.39, 0.29) is 24.0 Å². The minimum atomic E-state index is -0.0347. The number of carbonyl (C=O) groups is 1. The lowest BCUT2D eigenvalue weighted by molar-refractivity contribution is -0.122. The second kappa shape index (κ2) is 6.17. The molecule has 0 aliphatic carbocycles. The molecule has 96 valence electrons. The number of nitrogens with one attached hydrogen (secondary N) is 1. The molecule has 0 saturated carbocycles. The summed E-state index contributed by atoms with van der Waals surface area (Å²) in [5.41, 5.74) is 1.01. The van der Waals surface area contributed by atoms with Gasteiger partial charge in [0.2, 0.25) is 5.91 Å². The molecule has 0 aliphatic heterocycles. The summed E-state index contributed by atoms with van der Waals surface area (Å²) >= 11 is 1.60. The number of amides is 1. The van der Waals surface area contributed by atoms with Gasteiger partial charge in [-0.2, -0.15) is 11.3 Å². The molecule has 1 amide bonds. The van der Waals surface area contributed by atoms with Crippen LogP contribution in [0.25, 0.3) is 0 Å². The van der Waals surface area contributed by atoms with Crippen LogP contribution in [-0.4, -0.2) is 23.7 Å². The Morgan fingerprint density at radius 1 is 1.53 bits per heavy atom. The summed E-state index contributed by atoms with van der Waals surface area (Å²) in [6, 6.07) is 1.97. The highest BCUT2D eigenvalue weighted by Crippen LogP contribution is 2.21. The number of aliphatic hydroxyl groups is 1. The van der Waals surface area contributed by atoms with Crippen LogP contribution < -0.4 is 5.32 Å². The molecule has 1 aromatic heterocycles. The van der Waals surface area contributed by atoms with Gasteiger partial charge < -0.3 is 10.4 Å². The van der Waals surface area contributed by atoms with Crippen LogP contribution in [0.15, 0.2) is 16.8 Å². The molecule has 0 aromatic carbocycles. The van der Waals surface area contributed by atoms with Gasteiger partial charge in [0, 0.05) is 12.6 Å². The van der Waals surface area contributed by atoms with Gasteiger partial charge in [-0.15, -0.1) is 0 Å². The molecule has 4 heteroatoms. The van der Waals surface area contributed by atoms with Crippen molar-refractivity contribution in [1.29, 1.82) is 0 Å². The first kappa shape index (κ1) is 14.2. The monoisotopic (exact) mass is 255 g/mol. The van der Waals surface area contributed by atoms with E-state index in [1.54, 1.807) is 11.3 Å². The third-order valence-corrected chi connectivity index (χ3v) is 3.48. The predicted octanol–water partition coefficient (Wildman–Crippen LogP) is 2.20. The topological polar surface area (TPSA) is 49.3 Å². The lowest BCUT2D eigenvalue weighted by Gasteiger charge is -2.31. The standard InChI is InChI=1S/C13H21NO2S/c1-13(2,3)11(4-6-15)14-12(16)8-10-5-7-17-9-10/h5,7,9,11,15H,4,6,8H2,1-3H3,(H,14,16). The largest absolute Gasteiger partial charge is 0.396 e. The van der Waals surface area contributed by atoms with E-state index in [2.05, 4.69) is 26.1 Å². The van der Waals surface area contributed by atoms with Gasteiger partial charge in [-0.3, -0.25) is 4.79 Å². The predicted molar refractivity (Wildman–Crippen MR) is 71.1 cm³/mol. The van der Waals surface area contributed by atoms with Crippen molar-refractivity contribution in [3.63, 3.8) is 0 Å². The van der Waals surface area contributed by atoms with Crippen LogP contribution in [0, 0.1) is 5.41 Å². The molecule has 0 bridgehead atoms. The fourth-order valence-electron chi connectivity index (χ4n) is 1.67. The van der Waals surface area contributed by atoms with Gasteiger partial charge in [0.05, 0.1) is 6.42 Å². The van der Waals surface area contributed by atoms with Crippen LogP contribution in [0.5, 0.6) is 0 Å². The summed E-state index contributed by atoms with van der Waals surface area (Å²) in [5.74, 6) is 0.0248. The number of aliphatic hydroxyl groups excluding tert-OH is 1. The molecule has 0 saturated heterocycles. The third-order valence-electron chi connectivity index (χ3n) is 2.74. The molecule has 1 atom stereocenters. The Morgan fingerprint density at radius 2 is 2.24 bits per heavy atom. The molecule has 0 fully saturated rings. The van der Waals surface area contributed by atoms with Crippen molar-refractivity contribution in [2.24, 2.45) is 5.41 Å². The molecular formula is C13H21NO2S. The quantitative estimate of drug-likeness (QED) is 0.847. The van der Waals surface area contributed by atoms with E-state index < -0.39 is 0 Å². The molecule has 1 unspecified atom stereocenters. The van der Waals surface area contributed by atoms with Crippen LogP contribution in [0.3, 0.4) is 0 Å². The highest BCUT2D eigenvalue weighted by Gasteiger charge is 2.25. The normalized spacial score (nSPS) is 13.4. The van der Waals surface area contributed by atoms with Crippen LogP contribution in [-0.2, 0) is 11.2 Å². The Morgan fingerprint density at radius 3 is 2.71 bits per heavy atom. The van der Waals surface area contributed by atoms with Crippen molar-refractivity contribution < 1.29 is 9.90 Å². The Bertz CT molecular complexity index is 341. The maximum absolute atomic E-state index is 11.9. The summed E-state index contributed by atoms with van der Waals surface area (Å²) in [6.07, 6.45) is 1.01. The van der Waals surface area contributed by atoms with Crippen molar-refractivity contribution in [2.75, 3.05) is 6.61 Å². The molecule has 1 rings (SSSR count). The number of rotatable bonds is 5. The minimum Gasteiger partial charge on any atom is -0.396 e. The zero-order valence-electron chi connectivity index (χ0n) is 10.7. The smallest absolute Gasteiger partial charge is 0.224 e. The van der Waals surface area contributed by atoms with Crippen LogP contribution in [0.1, 0.15) is 32.8 Å². The van der Waals surface area contributed by atoms with E-state index in [9.17, 15) is 4.79 Å². The van der Waals surface area contributed by atoms with Gasteiger partial charge in [0.25, 0.3) is 0 Å². The first-order chi connectivity index (χ1) is 7.93. The maximum Gasteiger partial charge on any atom is 0.224 e. The average Bonchev–Trinajstić information content (AvgIpc) is 2.68. The van der Waals surface area contributed by atoms with E-state index in [1.807, 2.05) is 16.8 Å². The van der Waals surface area contributed by atoms with Gasteiger partial charge in [-0.05, 0) is 34.2 Å². The lowest BCUT2D eigenvalue weighted by atomic mass is 9.85. The number of hydrogen-bond donors (Lipinski definition) is 2. The molecule has 1 aromatic rings. The van der Waals surface area contributed by atoms with E-state index in [1.165, 1.54) is 0 Å². The second-order valence-electron chi connectivity index (χ2n) is 5.31. The molecule has 3 nitrogen and oxygen atoms in total. The first-order valence-electron chi connectivity index (χ1n) is 5.85. The third kappa shape index (κ3) is 4.88. The first-order valence-corrected chi connectivity index (χ1v) is 6.79. The Labute approximate surface area is 107 Å². The van der Waals surface area contributed by atoms with Crippen molar-refractivity contribution >= 4 is 17.2 Å². The molecule has 0 spiro atoms. The van der Waals surface area contributed by atoms with Crippen LogP contribution in [0.4, 0.5) is 0 Å². The van der Waals surface area contributed by atoms with Crippen molar-refractivity contribution in [3.8, 4) is 0 Å². The van der Waals surface area contributed by atoms with E-state index >= 15 is 0 Å².